The predicted molar refractivity (Wildman–Crippen MR) is 117 cm³/mol. The van der Waals surface area contributed by atoms with Gasteiger partial charge in [0.15, 0.2) is 5.82 Å². The molecular formula is C24H21F3N4O. The van der Waals surface area contributed by atoms with E-state index in [1.807, 2.05) is 6.92 Å². The van der Waals surface area contributed by atoms with E-state index >= 15 is 0 Å². The van der Waals surface area contributed by atoms with Crippen molar-refractivity contribution >= 4 is 28.2 Å². The first-order valence-electron chi connectivity index (χ1n) is 10.3. The number of fused-ring (bicyclic) bond motifs is 2. The van der Waals surface area contributed by atoms with E-state index in [2.05, 4.69) is 15.3 Å². The van der Waals surface area contributed by atoms with Gasteiger partial charge in [-0.2, -0.15) is 0 Å². The van der Waals surface area contributed by atoms with Gasteiger partial charge >= 0.3 is 0 Å². The third-order valence-corrected chi connectivity index (χ3v) is 6.74. The maximum atomic E-state index is 15.0. The fraction of sp³-hybridized carbons (Fsp3) is 0.292. The zero-order valence-corrected chi connectivity index (χ0v) is 17.5. The van der Waals surface area contributed by atoms with Crippen molar-refractivity contribution in [2.24, 2.45) is 11.8 Å². The summed E-state index contributed by atoms with van der Waals surface area (Å²) in [6.07, 6.45) is 5.13. The highest BCUT2D eigenvalue weighted by Gasteiger charge is 2.70. The first-order chi connectivity index (χ1) is 15.2. The number of hydrogen-bond donors (Lipinski definition) is 2. The Morgan fingerprint density at radius 3 is 2.59 bits per heavy atom. The Balaban J connectivity index is 1.45. The second-order valence-corrected chi connectivity index (χ2v) is 8.61. The molecule has 2 aliphatic rings. The minimum absolute atomic E-state index is 0.0319. The number of carbonyl (C=O) groups excluding carboxylic acids is 1. The number of rotatable bonds is 3. The molecule has 2 unspecified atom stereocenters. The highest BCUT2D eigenvalue weighted by Crippen LogP contribution is 2.65. The fourth-order valence-corrected chi connectivity index (χ4v) is 4.62. The molecule has 5 nitrogen and oxygen atoms in total. The van der Waals surface area contributed by atoms with E-state index in [4.69, 9.17) is 5.73 Å². The number of aromatic nitrogens is 2. The van der Waals surface area contributed by atoms with Crippen molar-refractivity contribution in [2.75, 3.05) is 11.1 Å². The summed E-state index contributed by atoms with van der Waals surface area (Å²) >= 11 is 0. The van der Waals surface area contributed by atoms with Crippen molar-refractivity contribution in [3.63, 3.8) is 0 Å². The highest BCUT2D eigenvalue weighted by atomic mass is 19.3. The number of nitrogen functional groups attached to an aromatic ring is 1. The Bertz CT molecular complexity index is 1300. The summed E-state index contributed by atoms with van der Waals surface area (Å²) in [6.45, 7) is 3.50. The molecular weight excluding hydrogens is 417 g/mol. The van der Waals surface area contributed by atoms with E-state index < -0.39 is 23.6 Å². The smallest absolute Gasteiger partial charge is 0.255 e. The Morgan fingerprint density at radius 1 is 1.19 bits per heavy atom. The zero-order chi connectivity index (χ0) is 22.8. The molecule has 1 aromatic carbocycles. The van der Waals surface area contributed by atoms with Crippen molar-refractivity contribution in [1.82, 2.24) is 9.97 Å². The van der Waals surface area contributed by atoms with Crippen LogP contribution in [0.25, 0.3) is 21.9 Å². The van der Waals surface area contributed by atoms with Crippen LogP contribution in [0.2, 0.25) is 0 Å². The van der Waals surface area contributed by atoms with Crippen LogP contribution in [-0.2, 0) is 4.79 Å². The van der Waals surface area contributed by atoms with Gasteiger partial charge in [0.25, 0.3) is 11.8 Å². The lowest BCUT2D eigenvalue weighted by molar-refractivity contribution is -0.112. The monoisotopic (exact) mass is 438 g/mol. The van der Waals surface area contributed by atoms with Crippen LogP contribution in [-0.4, -0.2) is 21.8 Å². The molecule has 1 amide bonds. The number of halogens is 3. The van der Waals surface area contributed by atoms with Gasteiger partial charge in [0.2, 0.25) is 0 Å². The quantitative estimate of drug-likeness (QED) is 0.432. The van der Waals surface area contributed by atoms with Crippen LogP contribution >= 0.6 is 0 Å². The third-order valence-electron chi connectivity index (χ3n) is 6.74. The lowest BCUT2D eigenvalue weighted by Gasteiger charge is -2.13. The van der Waals surface area contributed by atoms with Crippen molar-refractivity contribution < 1.29 is 18.0 Å². The summed E-state index contributed by atoms with van der Waals surface area (Å²) in [5.74, 6) is -4.51. The van der Waals surface area contributed by atoms with Crippen LogP contribution in [0.5, 0.6) is 0 Å². The number of nitrogens with one attached hydrogen (secondary N) is 1. The Labute approximate surface area is 182 Å². The number of nitrogens with zero attached hydrogens (tertiary/aromatic N) is 2. The Morgan fingerprint density at radius 2 is 1.91 bits per heavy atom. The second-order valence-electron chi connectivity index (χ2n) is 8.61. The molecule has 0 radical (unpaired) electrons. The van der Waals surface area contributed by atoms with Gasteiger partial charge in [-0.1, -0.05) is 5.57 Å². The van der Waals surface area contributed by atoms with Gasteiger partial charge < -0.3 is 11.1 Å². The minimum Gasteiger partial charge on any atom is -0.396 e. The number of alkyl halides is 2. The minimum atomic E-state index is -2.58. The third kappa shape index (κ3) is 3.13. The largest absolute Gasteiger partial charge is 0.396 e. The van der Waals surface area contributed by atoms with Crippen molar-refractivity contribution in [2.45, 2.75) is 32.6 Å². The lowest BCUT2D eigenvalue weighted by atomic mass is 9.98. The maximum Gasteiger partial charge on any atom is 0.255 e. The Hall–Kier alpha value is -3.42. The average molecular weight is 438 g/mol. The van der Waals surface area contributed by atoms with Crippen LogP contribution < -0.4 is 11.1 Å². The van der Waals surface area contributed by atoms with Crippen LogP contribution in [0.3, 0.4) is 0 Å². The van der Waals surface area contributed by atoms with Crippen molar-refractivity contribution in [1.29, 1.82) is 0 Å². The number of benzene rings is 1. The van der Waals surface area contributed by atoms with Crippen molar-refractivity contribution in [3.8, 4) is 11.1 Å². The predicted octanol–water partition coefficient (Wildman–Crippen LogP) is 5.26. The molecule has 0 spiro atoms. The molecule has 32 heavy (non-hydrogen) atoms. The van der Waals surface area contributed by atoms with Crippen LogP contribution in [0.4, 0.5) is 24.7 Å². The van der Waals surface area contributed by atoms with Crippen molar-refractivity contribution in [3.05, 3.63) is 59.3 Å². The number of carbonyl (C=O) groups is 1. The number of allylic oxidation sites excluding steroid dienone is 1. The summed E-state index contributed by atoms with van der Waals surface area (Å²) in [6, 6.07) is 5.06. The maximum absolute atomic E-state index is 15.0. The number of hydrogen-bond acceptors (Lipinski definition) is 4. The molecule has 2 heterocycles. The standard InChI is InChI=1S/C24H21F3N4O/c1-11-3-4-29-9-16(11)15-5-14-8-20(30-10-17(14)22(28)21(15)25)31-23(32)12(2)13-6-18-19(7-13)24(18,26)27/h3-5,8-10,18-19H,6-7,28H2,1-2H3,(H,30,31,32). The van der Waals surface area contributed by atoms with E-state index in [-0.39, 0.29) is 30.3 Å². The summed E-state index contributed by atoms with van der Waals surface area (Å²) in [4.78, 5) is 20.9. The van der Waals surface area contributed by atoms with E-state index in [9.17, 15) is 18.0 Å². The van der Waals surface area contributed by atoms with Crippen LogP contribution in [0.1, 0.15) is 25.3 Å². The second kappa shape index (κ2) is 7.05. The zero-order valence-electron chi connectivity index (χ0n) is 17.5. The average Bonchev–Trinajstić information content (AvgIpc) is 3.09. The highest BCUT2D eigenvalue weighted by molar-refractivity contribution is 6.05. The molecule has 2 aromatic heterocycles. The molecule has 2 saturated carbocycles. The summed E-state index contributed by atoms with van der Waals surface area (Å²) < 4.78 is 41.9. The molecule has 3 aromatic rings. The van der Waals surface area contributed by atoms with E-state index in [1.165, 1.54) is 6.20 Å². The van der Waals surface area contributed by atoms with Gasteiger partial charge in [0.05, 0.1) is 5.69 Å². The molecule has 164 valence electrons. The van der Waals surface area contributed by atoms with Crippen LogP contribution in [0.15, 0.2) is 47.9 Å². The fourth-order valence-electron chi connectivity index (χ4n) is 4.62. The van der Waals surface area contributed by atoms with E-state index in [0.29, 0.717) is 27.5 Å². The lowest BCUT2D eigenvalue weighted by Crippen LogP contribution is -2.16. The molecule has 8 heteroatoms. The Kier molecular flexibility index (Phi) is 4.51. The number of anilines is 2. The van der Waals surface area contributed by atoms with Gasteiger partial charge in [-0.15, -0.1) is 0 Å². The normalized spacial score (nSPS) is 20.8. The summed E-state index contributed by atoms with van der Waals surface area (Å²) in [5.41, 5.74) is 9.00. The summed E-state index contributed by atoms with van der Waals surface area (Å²) in [7, 11) is 0. The topological polar surface area (TPSA) is 80.9 Å². The summed E-state index contributed by atoms with van der Waals surface area (Å²) in [5, 5.41) is 3.76. The molecule has 0 aliphatic heterocycles. The number of aryl methyl sites for hydroxylation is 1. The van der Waals surface area contributed by atoms with Gasteiger partial charge in [0, 0.05) is 52.5 Å². The molecule has 2 aliphatic carbocycles. The van der Waals surface area contributed by atoms with Gasteiger partial charge in [-0.3, -0.25) is 9.78 Å². The molecule has 2 fully saturated rings. The molecule has 0 bridgehead atoms. The van der Waals surface area contributed by atoms with Gasteiger partial charge in [0.1, 0.15) is 5.82 Å². The molecule has 0 saturated heterocycles. The van der Waals surface area contributed by atoms with E-state index in [1.54, 1.807) is 37.5 Å². The number of nitrogens with two attached hydrogens (primary N) is 1. The first kappa shape index (κ1) is 20.5. The molecule has 3 N–H and O–H groups in total. The van der Waals surface area contributed by atoms with E-state index in [0.717, 1.165) is 11.1 Å². The van der Waals surface area contributed by atoms with Gasteiger partial charge in [-0.05, 0) is 55.8 Å². The van der Waals surface area contributed by atoms with Gasteiger partial charge in [-0.25, -0.2) is 18.2 Å². The number of pyridine rings is 2. The molecule has 2 atom stereocenters. The molecule has 5 rings (SSSR count). The van der Waals surface area contributed by atoms with Crippen LogP contribution in [0, 0.1) is 24.6 Å². The SMILES string of the molecule is CC(C(=O)Nc1cc2cc(-c3cnccc3C)c(F)c(N)c2cn1)=C1CC2C(C1)C2(F)F. The first-order valence-corrected chi connectivity index (χ1v) is 10.3. The number of amides is 1.